The Morgan fingerprint density at radius 1 is 1.27 bits per heavy atom. The van der Waals surface area contributed by atoms with E-state index in [1.807, 2.05) is 31.1 Å². The van der Waals surface area contributed by atoms with Gasteiger partial charge in [0.15, 0.2) is 5.65 Å². The van der Waals surface area contributed by atoms with Gasteiger partial charge < -0.3 is 10.2 Å². The van der Waals surface area contributed by atoms with E-state index < -0.39 is 0 Å². The van der Waals surface area contributed by atoms with E-state index >= 15 is 0 Å². The number of nitrogens with one attached hydrogen (secondary N) is 1. The molecule has 0 bridgehead atoms. The molecule has 0 spiro atoms. The van der Waals surface area contributed by atoms with Crippen molar-refractivity contribution in [3.63, 3.8) is 0 Å². The van der Waals surface area contributed by atoms with Crippen LogP contribution in [0.25, 0.3) is 5.65 Å². The number of nitrogens with zero attached hydrogens (tertiary/aromatic N) is 5. The van der Waals surface area contributed by atoms with Crippen LogP contribution in [0.1, 0.15) is 16.1 Å². The minimum atomic E-state index is -0.245. The Hall–Kier alpha value is -2.96. The minimum absolute atomic E-state index is 0.245. The fraction of sp³-hybridized carbons (Fsp3) is 0.200. The standard InChI is InChI=1S/C15H16N6O/c1-10-13(14-16-7-4-8-21(14)19-10)15(22)18-11-5-6-12(17-9-11)20(2)3/h4-9H,1-3H3,(H,18,22). The first-order valence-electron chi connectivity index (χ1n) is 6.81. The summed E-state index contributed by atoms with van der Waals surface area (Å²) in [6.45, 7) is 1.79. The average molecular weight is 296 g/mol. The highest BCUT2D eigenvalue weighted by Gasteiger charge is 2.18. The van der Waals surface area contributed by atoms with E-state index in [1.54, 1.807) is 36.1 Å². The SMILES string of the molecule is Cc1nn2cccnc2c1C(=O)Nc1ccc(N(C)C)nc1. The van der Waals surface area contributed by atoms with Crippen molar-refractivity contribution in [3.05, 3.63) is 48.0 Å². The number of aromatic nitrogens is 4. The van der Waals surface area contributed by atoms with Crippen LogP contribution >= 0.6 is 0 Å². The van der Waals surface area contributed by atoms with E-state index in [4.69, 9.17) is 0 Å². The fourth-order valence-corrected chi connectivity index (χ4v) is 2.18. The van der Waals surface area contributed by atoms with Crippen LogP contribution < -0.4 is 10.2 Å². The molecule has 7 nitrogen and oxygen atoms in total. The van der Waals surface area contributed by atoms with E-state index in [2.05, 4.69) is 20.4 Å². The number of aryl methyl sites for hydroxylation is 1. The fourth-order valence-electron chi connectivity index (χ4n) is 2.18. The molecule has 0 saturated carbocycles. The smallest absolute Gasteiger partial charge is 0.261 e. The summed E-state index contributed by atoms with van der Waals surface area (Å²) in [6.07, 6.45) is 5.03. The maximum absolute atomic E-state index is 12.5. The highest BCUT2D eigenvalue weighted by molar-refractivity contribution is 6.09. The number of hydrogen-bond acceptors (Lipinski definition) is 5. The molecule has 0 fully saturated rings. The van der Waals surface area contributed by atoms with E-state index in [9.17, 15) is 4.79 Å². The lowest BCUT2D eigenvalue weighted by Gasteiger charge is -2.11. The summed E-state index contributed by atoms with van der Waals surface area (Å²) in [5.74, 6) is 0.581. The number of fused-ring (bicyclic) bond motifs is 1. The first-order valence-corrected chi connectivity index (χ1v) is 6.81. The van der Waals surface area contributed by atoms with Crippen molar-refractivity contribution in [2.24, 2.45) is 0 Å². The van der Waals surface area contributed by atoms with Gasteiger partial charge in [-0.25, -0.2) is 14.5 Å². The second-order valence-electron chi connectivity index (χ2n) is 5.10. The maximum atomic E-state index is 12.5. The van der Waals surface area contributed by atoms with Gasteiger partial charge in [0.2, 0.25) is 0 Å². The van der Waals surface area contributed by atoms with E-state index in [1.165, 1.54) is 0 Å². The molecule has 3 rings (SSSR count). The number of rotatable bonds is 3. The first-order chi connectivity index (χ1) is 10.6. The first kappa shape index (κ1) is 14.0. The van der Waals surface area contributed by atoms with Crippen LogP contribution in [0.3, 0.4) is 0 Å². The van der Waals surface area contributed by atoms with Gasteiger partial charge in [-0.15, -0.1) is 0 Å². The van der Waals surface area contributed by atoms with Gasteiger partial charge in [-0.1, -0.05) is 0 Å². The molecule has 1 N–H and O–H groups in total. The van der Waals surface area contributed by atoms with Crippen LogP contribution in [0.2, 0.25) is 0 Å². The molecule has 22 heavy (non-hydrogen) atoms. The van der Waals surface area contributed by atoms with Gasteiger partial charge in [0.1, 0.15) is 11.4 Å². The van der Waals surface area contributed by atoms with E-state index in [0.29, 0.717) is 22.6 Å². The Morgan fingerprint density at radius 3 is 2.77 bits per heavy atom. The highest BCUT2D eigenvalue weighted by Crippen LogP contribution is 2.17. The van der Waals surface area contributed by atoms with Crippen molar-refractivity contribution < 1.29 is 4.79 Å². The summed E-state index contributed by atoms with van der Waals surface area (Å²) in [6, 6.07) is 5.43. The van der Waals surface area contributed by atoms with E-state index in [-0.39, 0.29) is 5.91 Å². The number of carbonyl (C=O) groups is 1. The van der Waals surface area contributed by atoms with Gasteiger partial charge >= 0.3 is 0 Å². The van der Waals surface area contributed by atoms with Crippen molar-refractivity contribution in [3.8, 4) is 0 Å². The van der Waals surface area contributed by atoms with Crippen molar-refractivity contribution in [2.45, 2.75) is 6.92 Å². The predicted molar refractivity (Wildman–Crippen MR) is 84.2 cm³/mol. The zero-order valence-corrected chi connectivity index (χ0v) is 12.6. The van der Waals surface area contributed by atoms with Crippen LogP contribution in [0.15, 0.2) is 36.8 Å². The molecule has 112 valence electrons. The Kier molecular flexibility index (Phi) is 3.46. The molecule has 0 aliphatic carbocycles. The number of anilines is 2. The molecular formula is C15H16N6O. The van der Waals surface area contributed by atoms with Gasteiger partial charge in [-0.3, -0.25) is 4.79 Å². The molecule has 3 aromatic rings. The van der Waals surface area contributed by atoms with Crippen LogP contribution in [0.4, 0.5) is 11.5 Å². The minimum Gasteiger partial charge on any atom is -0.363 e. The molecule has 0 radical (unpaired) electrons. The summed E-state index contributed by atoms with van der Waals surface area (Å²) in [4.78, 5) is 22.9. The zero-order valence-electron chi connectivity index (χ0n) is 12.6. The number of carbonyl (C=O) groups excluding carboxylic acids is 1. The Bertz CT molecular complexity index is 822. The van der Waals surface area contributed by atoms with E-state index in [0.717, 1.165) is 5.82 Å². The van der Waals surface area contributed by atoms with Gasteiger partial charge in [0, 0.05) is 26.5 Å². The van der Waals surface area contributed by atoms with Crippen molar-refractivity contribution in [1.82, 2.24) is 19.6 Å². The molecule has 0 unspecified atom stereocenters. The van der Waals surface area contributed by atoms with Gasteiger partial charge in [0.05, 0.1) is 17.6 Å². The zero-order chi connectivity index (χ0) is 15.7. The highest BCUT2D eigenvalue weighted by atomic mass is 16.1. The van der Waals surface area contributed by atoms with Crippen molar-refractivity contribution in [1.29, 1.82) is 0 Å². The van der Waals surface area contributed by atoms with Crippen LogP contribution in [-0.4, -0.2) is 39.6 Å². The van der Waals surface area contributed by atoms with Crippen molar-refractivity contribution >= 4 is 23.1 Å². The lowest BCUT2D eigenvalue weighted by molar-refractivity contribution is 0.102. The molecule has 1 amide bonds. The van der Waals surface area contributed by atoms with Gasteiger partial charge in [-0.05, 0) is 25.1 Å². The molecule has 0 atom stereocenters. The average Bonchev–Trinajstić information content (AvgIpc) is 2.83. The van der Waals surface area contributed by atoms with Crippen molar-refractivity contribution in [2.75, 3.05) is 24.3 Å². The number of pyridine rings is 1. The second-order valence-corrected chi connectivity index (χ2v) is 5.10. The number of amides is 1. The lowest BCUT2D eigenvalue weighted by atomic mass is 10.2. The van der Waals surface area contributed by atoms with Gasteiger partial charge in [-0.2, -0.15) is 5.10 Å². The molecule has 0 aliphatic rings. The van der Waals surface area contributed by atoms with Gasteiger partial charge in [0.25, 0.3) is 5.91 Å². The van der Waals surface area contributed by atoms with Crippen LogP contribution in [0, 0.1) is 6.92 Å². The topological polar surface area (TPSA) is 75.4 Å². The Morgan fingerprint density at radius 2 is 2.09 bits per heavy atom. The summed E-state index contributed by atoms with van der Waals surface area (Å²) >= 11 is 0. The third kappa shape index (κ3) is 2.48. The second kappa shape index (κ2) is 5.44. The summed E-state index contributed by atoms with van der Waals surface area (Å²) in [5, 5.41) is 7.11. The summed E-state index contributed by atoms with van der Waals surface area (Å²) < 4.78 is 1.59. The largest absolute Gasteiger partial charge is 0.363 e. The third-order valence-corrected chi connectivity index (χ3v) is 3.26. The summed E-state index contributed by atoms with van der Waals surface area (Å²) in [7, 11) is 3.82. The molecular weight excluding hydrogens is 280 g/mol. The molecule has 3 heterocycles. The predicted octanol–water partition coefficient (Wildman–Crippen LogP) is 1.75. The quantitative estimate of drug-likeness (QED) is 0.797. The summed E-state index contributed by atoms with van der Waals surface area (Å²) in [5.41, 5.74) is 2.27. The molecule has 7 heteroatoms. The normalized spacial score (nSPS) is 10.7. The lowest BCUT2D eigenvalue weighted by Crippen LogP contribution is -2.14. The maximum Gasteiger partial charge on any atom is 0.261 e. The Labute approximate surface area is 127 Å². The molecule has 0 aliphatic heterocycles. The van der Waals surface area contributed by atoms with Crippen LogP contribution in [-0.2, 0) is 0 Å². The van der Waals surface area contributed by atoms with Crippen LogP contribution in [0.5, 0.6) is 0 Å². The molecule has 3 aromatic heterocycles. The third-order valence-electron chi connectivity index (χ3n) is 3.26. The Balaban J connectivity index is 1.88. The number of hydrogen-bond donors (Lipinski definition) is 1. The monoisotopic (exact) mass is 296 g/mol. The molecule has 0 aromatic carbocycles. The molecule has 0 saturated heterocycles.